The normalized spacial score (nSPS) is 17.8. The lowest BCUT2D eigenvalue weighted by Crippen LogP contribution is -2.61. The quantitative estimate of drug-likeness (QED) is 0.0726. The number of carbonyl (C=O) groups is 8. The topological polar surface area (TPSA) is 220 Å². The smallest absolute Gasteiger partial charge is 0.411 e. The molecule has 9 atom stereocenters. The van der Waals surface area contributed by atoms with Crippen molar-refractivity contribution in [1.82, 2.24) is 30.4 Å². The Morgan fingerprint density at radius 2 is 1.41 bits per heavy atom. The molecule has 2 aliphatic heterocycles. The van der Waals surface area contributed by atoms with Gasteiger partial charge in [-0.25, -0.2) is 9.59 Å². The molecule has 0 spiro atoms. The number of nitrogens with one attached hydrogen (secondary N) is 2. The van der Waals surface area contributed by atoms with Gasteiger partial charge >= 0.3 is 12.1 Å². The summed E-state index contributed by atoms with van der Waals surface area (Å²) in [6.07, 6.45) is -0.426. The molecule has 2 aromatic rings. The lowest BCUT2D eigenvalue weighted by Gasteiger charge is -2.41. The molecule has 7 amide bonds. The van der Waals surface area contributed by atoms with Crippen LogP contribution in [0, 0.1) is 29.6 Å². The van der Waals surface area contributed by atoms with E-state index in [2.05, 4.69) is 10.6 Å². The van der Waals surface area contributed by atoms with E-state index in [1.54, 1.807) is 79.5 Å². The first-order valence-electron chi connectivity index (χ1n) is 26.8. The minimum Gasteiger partial charge on any atom is -0.464 e. The monoisotopic (exact) mass is 1060 g/mol. The zero-order chi connectivity index (χ0) is 56.8. The van der Waals surface area contributed by atoms with Crippen molar-refractivity contribution in [2.45, 2.75) is 163 Å². The van der Waals surface area contributed by atoms with E-state index >= 15 is 0 Å². The summed E-state index contributed by atoms with van der Waals surface area (Å²) < 4.78 is 23.4. The van der Waals surface area contributed by atoms with Crippen LogP contribution in [0.4, 0.5) is 4.79 Å². The predicted molar refractivity (Wildman–Crippen MR) is 285 cm³/mol. The number of imide groups is 1. The molecule has 1 saturated heterocycles. The van der Waals surface area contributed by atoms with Gasteiger partial charge in [0.1, 0.15) is 23.7 Å². The van der Waals surface area contributed by atoms with Crippen molar-refractivity contribution < 1.29 is 62.1 Å². The van der Waals surface area contributed by atoms with Crippen molar-refractivity contribution in [3.05, 3.63) is 71.3 Å². The SMILES string of the molecule is CC[C@H](C)[C@@H]([C@@H](CC(=O)N1CCC[C@H]1[C@H](OC)[C@@H](C)C(=O)N[C@@H](Cc1ccccc1)C(=O)OCC(C)C)OC)N(C)C(=O)[C@@H](NC(=O)[C@H](C(C)C)N(CCON1C(=O)c2ccccc2C1=O)C(=O)OC(C)(C)C)C(C)C. The van der Waals surface area contributed by atoms with Crippen molar-refractivity contribution >= 4 is 47.5 Å². The predicted octanol–water partition coefficient (Wildman–Crippen LogP) is 6.46. The molecule has 4 rings (SSSR count). The molecule has 0 aromatic heterocycles. The van der Waals surface area contributed by atoms with Crippen LogP contribution in [0.5, 0.6) is 0 Å². The van der Waals surface area contributed by atoms with E-state index in [-0.39, 0.29) is 61.5 Å². The van der Waals surface area contributed by atoms with Crippen LogP contribution < -0.4 is 10.6 Å². The molecule has 19 nitrogen and oxygen atoms in total. The van der Waals surface area contributed by atoms with E-state index in [4.69, 9.17) is 23.8 Å². The number of benzene rings is 2. The third-order valence-corrected chi connectivity index (χ3v) is 14.1. The largest absolute Gasteiger partial charge is 0.464 e. The maximum Gasteiger partial charge on any atom is 0.411 e. The van der Waals surface area contributed by atoms with Gasteiger partial charge in [0.2, 0.25) is 23.6 Å². The van der Waals surface area contributed by atoms with Crippen LogP contribution in [0.3, 0.4) is 0 Å². The lowest BCUT2D eigenvalue weighted by molar-refractivity contribution is -0.150. The second kappa shape index (κ2) is 28.5. The van der Waals surface area contributed by atoms with E-state index in [1.165, 1.54) is 36.2 Å². The van der Waals surface area contributed by atoms with Crippen LogP contribution in [0.25, 0.3) is 0 Å². The Labute approximate surface area is 450 Å². The summed E-state index contributed by atoms with van der Waals surface area (Å²) >= 11 is 0. The van der Waals surface area contributed by atoms with E-state index in [0.29, 0.717) is 30.9 Å². The highest BCUT2D eigenvalue weighted by Crippen LogP contribution is 2.31. The van der Waals surface area contributed by atoms with Gasteiger partial charge < -0.3 is 39.4 Å². The summed E-state index contributed by atoms with van der Waals surface area (Å²) in [5.74, 6) is -5.44. The number of hydrogen-bond acceptors (Lipinski definition) is 13. The number of amides is 7. The minimum atomic E-state index is -1.20. The van der Waals surface area contributed by atoms with Gasteiger partial charge in [-0.15, -0.1) is 5.06 Å². The summed E-state index contributed by atoms with van der Waals surface area (Å²) in [6, 6.07) is 11.3. The molecule has 2 aromatic carbocycles. The fourth-order valence-electron chi connectivity index (χ4n) is 9.96. The highest BCUT2D eigenvalue weighted by Gasteiger charge is 2.45. The van der Waals surface area contributed by atoms with Gasteiger partial charge in [0.05, 0.1) is 67.5 Å². The maximum atomic E-state index is 14.9. The molecule has 2 heterocycles. The van der Waals surface area contributed by atoms with Crippen LogP contribution in [0.2, 0.25) is 0 Å². The van der Waals surface area contributed by atoms with Crippen LogP contribution >= 0.6 is 0 Å². The Kier molecular flexibility index (Phi) is 23.4. The molecule has 2 aliphatic rings. The fourth-order valence-corrected chi connectivity index (χ4v) is 9.96. The third-order valence-electron chi connectivity index (χ3n) is 14.1. The first kappa shape index (κ1) is 62.6. The van der Waals surface area contributed by atoms with E-state index in [0.717, 1.165) is 5.56 Å². The molecule has 422 valence electrons. The summed E-state index contributed by atoms with van der Waals surface area (Å²) in [6.45, 7) is 21.6. The molecule has 0 aliphatic carbocycles. The summed E-state index contributed by atoms with van der Waals surface area (Å²) in [5, 5.41) is 6.51. The van der Waals surface area contributed by atoms with Gasteiger partial charge in [-0.2, -0.15) is 0 Å². The van der Waals surface area contributed by atoms with Gasteiger partial charge in [0.15, 0.2) is 0 Å². The van der Waals surface area contributed by atoms with Crippen LogP contribution in [-0.4, -0.2) is 163 Å². The molecular formula is C57H86N6O13. The molecule has 0 bridgehead atoms. The number of likely N-dealkylation sites (tertiary alicyclic amines) is 1. The number of hydroxylamine groups is 2. The van der Waals surface area contributed by atoms with Crippen molar-refractivity contribution in [1.29, 1.82) is 0 Å². The highest BCUT2D eigenvalue weighted by atomic mass is 16.7. The molecule has 1 fully saturated rings. The van der Waals surface area contributed by atoms with E-state index < -0.39 is 107 Å². The molecule has 0 radical (unpaired) electrons. The Balaban J connectivity index is 1.53. The Morgan fingerprint density at radius 3 is 1.93 bits per heavy atom. The van der Waals surface area contributed by atoms with Gasteiger partial charge in [-0.3, -0.25) is 38.5 Å². The number of methoxy groups -OCH3 is 2. The van der Waals surface area contributed by atoms with Crippen molar-refractivity contribution in [2.24, 2.45) is 29.6 Å². The molecule has 0 unspecified atom stereocenters. The molecular weight excluding hydrogens is 977 g/mol. The molecule has 19 heteroatoms. The number of ether oxygens (including phenoxy) is 4. The standard InChI is InChI=1S/C57H86N6O13/c1-16-37(8)48(44(72-14)32-45(64)61-28-22-27-43(61)49(73-15)38(9)50(65)58-42(55(70)74-33-34(2)3)31-39-23-18-17-19-24-39)60(13)54(69)46(35(4)5)59-51(66)47(36(6)7)62(56(71)76-57(10,11)12)29-30-75-63-52(67)40-25-20-21-26-41(40)53(63)68/h17-21,23-26,34-38,42-44,46-49H,16,22,27-33H2,1-15H3,(H,58,65)(H,59,66)/t37-,38+,42-,43-,44+,46-,47-,48-,49+/m0/s1. The van der Waals surface area contributed by atoms with E-state index in [9.17, 15) is 38.4 Å². The van der Waals surface area contributed by atoms with Crippen LogP contribution in [0.15, 0.2) is 54.6 Å². The molecule has 0 saturated carbocycles. The van der Waals surface area contributed by atoms with Gasteiger partial charge in [-0.05, 0) is 75.0 Å². The zero-order valence-electron chi connectivity index (χ0n) is 47.6. The molecule has 76 heavy (non-hydrogen) atoms. The zero-order valence-corrected chi connectivity index (χ0v) is 47.6. The number of nitrogens with zero attached hydrogens (tertiary/aromatic N) is 4. The van der Waals surface area contributed by atoms with Crippen molar-refractivity contribution in [3.63, 3.8) is 0 Å². The number of fused-ring (bicyclic) bond motifs is 1. The number of hydrogen-bond donors (Lipinski definition) is 2. The number of rotatable bonds is 27. The highest BCUT2D eigenvalue weighted by molar-refractivity contribution is 6.20. The summed E-state index contributed by atoms with van der Waals surface area (Å²) in [4.78, 5) is 122. The van der Waals surface area contributed by atoms with Gasteiger partial charge in [0.25, 0.3) is 11.8 Å². The second-order valence-corrected chi connectivity index (χ2v) is 22.2. The van der Waals surface area contributed by atoms with Crippen LogP contribution in [0.1, 0.15) is 135 Å². The van der Waals surface area contributed by atoms with E-state index in [1.807, 2.05) is 58.0 Å². The Morgan fingerprint density at radius 1 is 0.803 bits per heavy atom. The number of carbonyl (C=O) groups excluding carboxylic acids is 8. The van der Waals surface area contributed by atoms with Crippen LogP contribution in [-0.2, 0) is 54.2 Å². The third kappa shape index (κ3) is 16.3. The fraction of sp³-hybridized carbons (Fsp3) is 0.649. The average molecular weight is 1060 g/mol. The second-order valence-electron chi connectivity index (χ2n) is 22.2. The summed E-state index contributed by atoms with van der Waals surface area (Å²) in [7, 11) is 4.63. The minimum absolute atomic E-state index is 0.0992. The number of esters is 1. The van der Waals surface area contributed by atoms with Crippen molar-refractivity contribution in [2.75, 3.05) is 47.6 Å². The van der Waals surface area contributed by atoms with Crippen molar-refractivity contribution in [3.8, 4) is 0 Å². The lowest BCUT2D eigenvalue weighted by atomic mass is 9.89. The van der Waals surface area contributed by atoms with Gasteiger partial charge in [-0.1, -0.05) is 111 Å². The first-order chi connectivity index (χ1) is 35.8. The van der Waals surface area contributed by atoms with Gasteiger partial charge in [0, 0.05) is 34.2 Å². The number of likely N-dealkylation sites (N-methyl/N-ethyl adjacent to an activating group) is 1. The maximum absolute atomic E-state index is 14.9. The Hall–Kier alpha value is -5.92. The average Bonchev–Trinajstić information content (AvgIpc) is 3.95. The Bertz CT molecular complexity index is 2270. The summed E-state index contributed by atoms with van der Waals surface area (Å²) in [5.41, 5.74) is 0.251. The first-order valence-corrected chi connectivity index (χ1v) is 26.8. The molecule has 2 N–H and O–H groups in total.